The number of carbonyl (C=O) groups is 1. The van der Waals surface area contributed by atoms with Crippen LogP contribution in [0.3, 0.4) is 0 Å². The SMILES string of the molecule is CC(C)C(CCN)CCC(=O)CC1CCC1. The second kappa shape index (κ2) is 7.05. The molecular formula is C14H27NO. The average Bonchev–Trinajstić information content (AvgIpc) is 2.17. The van der Waals surface area contributed by atoms with E-state index in [1.165, 1.54) is 19.3 Å². The zero-order valence-corrected chi connectivity index (χ0v) is 10.9. The Morgan fingerprint density at radius 3 is 2.44 bits per heavy atom. The van der Waals surface area contributed by atoms with Crippen LogP contribution in [0.25, 0.3) is 0 Å². The lowest BCUT2D eigenvalue weighted by atomic mass is 9.80. The number of ketones is 1. The fraction of sp³-hybridized carbons (Fsp3) is 0.929. The van der Waals surface area contributed by atoms with E-state index in [1.807, 2.05) is 0 Å². The van der Waals surface area contributed by atoms with E-state index in [0.717, 1.165) is 38.1 Å². The van der Waals surface area contributed by atoms with Gasteiger partial charge in [0.25, 0.3) is 0 Å². The third-order valence-corrected chi connectivity index (χ3v) is 4.02. The highest BCUT2D eigenvalue weighted by atomic mass is 16.1. The number of Topliss-reactive ketones (excluding diaryl/α,β-unsaturated/α-hetero) is 1. The first kappa shape index (κ1) is 13.7. The second-order valence-corrected chi connectivity index (χ2v) is 5.66. The molecule has 0 aliphatic heterocycles. The molecule has 0 aromatic heterocycles. The van der Waals surface area contributed by atoms with E-state index in [0.29, 0.717) is 17.6 Å². The molecular weight excluding hydrogens is 198 g/mol. The summed E-state index contributed by atoms with van der Waals surface area (Å²) in [6, 6.07) is 0. The van der Waals surface area contributed by atoms with Crippen LogP contribution < -0.4 is 5.73 Å². The minimum absolute atomic E-state index is 0.479. The maximum absolute atomic E-state index is 11.7. The fourth-order valence-electron chi connectivity index (χ4n) is 2.49. The zero-order valence-electron chi connectivity index (χ0n) is 10.9. The van der Waals surface area contributed by atoms with Gasteiger partial charge in [-0.05, 0) is 37.1 Å². The van der Waals surface area contributed by atoms with E-state index in [2.05, 4.69) is 13.8 Å². The quantitative estimate of drug-likeness (QED) is 0.689. The van der Waals surface area contributed by atoms with Gasteiger partial charge in [-0.3, -0.25) is 4.79 Å². The third-order valence-electron chi connectivity index (χ3n) is 4.02. The summed E-state index contributed by atoms with van der Waals surface area (Å²) in [6.45, 7) is 5.22. The van der Waals surface area contributed by atoms with Crippen molar-refractivity contribution in [2.45, 2.75) is 58.8 Å². The average molecular weight is 225 g/mol. The van der Waals surface area contributed by atoms with Crippen molar-refractivity contribution < 1.29 is 4.79 Å². The summed E-state index contributed by atoms with van der Waals surface area (Å²) in [5.74, 6) is 2.49. The Morgan fingerprint density at radius 2 is 2.00 bits per heavy atom. The molecule has 94 valence electrons. The lowest BCUT2D eigenvalue weighted by molar-refractivity contribution is -0.120. The highest BCUT2D eigenvalue weighted by Crippen LogP contribution is 2.30. The van der Waals surface area contributed by atoms with Crippen molar-refractivity contribution in [2.75, 3.05) is 6.54 Å². The monoisotopic (exact) mass is 225 g/mol. The molecule has 1 aliphatic carbocycles. The van der Waals surface area contributed by atoms with Gasteiger partial charge in [0.1, 0.15) is 5.78 Å². The maximum atomic E-state index is 11.7. The summed E-state index contributed by atoms with van der Waals surface area (Å²) >= 11 is 0. The predicted octanol–water partition coefficient (Wildman–Crippen LogP) is 3.15. The summed E-state index contributed by atoms with van der Waals surface area (Å²) < 4.78 is 0. The molecule has 2 nitrogen and oxygen atoms in total. The fourth-order valence-corrected chi connectivity index (χ4v) is 2.49. The van der Waals surface area contributed by atoms with Crippen molar-refractivity contribution in [1.82, 2.24) is 0 Å². The first-order valence-corrected chi connectivity index (χ1v) is 6.85. The Morgan fingerprint density at radius 1 is 1.31 bits per heavy atom. The van der Waals surface area contributed by atoms with Gasteiger partial charge in [-0.15, -0.1) is 0 Å². The van der Waals surface area contributed by atoms with Crippen LogP contribution in [0.5, 0.6) is 0 Å². The smallest absolute Gasteiger partial charge is 0.133 e. The first-order valence-electron chi connectivity index (χ1n) is 6.85. The molecule has 2 heteroatoms. The summed E-state index contributed by atoms with van der Waals surface area (Å²) in [4.78, 5) is 11.7. The van der Waals surface area contributed by atoms with Crippen LogP contribution in [-0.2, 0) is 4.79 Å². The van der Waals surface area contributed by atoms with Crippen molar-refractivity contribution in [3.8, 4) is 0 Å². The molecule has 1 unspecified atom stereocenters. The van der Waals surface area contributed by atoms with Crippen molar-refractivity contribution in [3.63, 3.8) is 0 Å². The van der Waals surface area contributed by atoms with Gasteiger partial charge in [0.2, 0.25) is 0 Å². The summed E-state index contributed by atoms with van der Waals surface area (Å²) in [5.41, 5.74) is 5.60. The van der Waals surface area contributed by atoms with Gasteiger partial charge in [-0.2, -0.15) is 0 Å². The molecule has 1 atom stereocenters. The summed E-state index contributed by atoms with van der Waals surface area (Å²) in [5, 5.41) is 0. The highest BCUT2D eigenvalue weighted by molar-refractivity contribution is 5.78. The summed E-state index contributed by atoms with van der Waals surface area (Å²) in [6.07, 6.45) is 7.62. The zero-order chi connectivity index (χ0) is 12.0. The topological polar surface area (TPSA) is 43.1 Å². The molecule has 0 heterocycles. The van der Waals surface area contributed by atoms with Gasteiger partial charge in [0.05, 0.1) is 0 Å². The van der Waals surface area contributed by atoms with Crippen LogP contribution in [-0.4, -0.2) is 12.3 Å². The van der Waals surface area contributed by atoms with Gasteiger partial charge in [0.15, 0.2) is 0 Å². The van der Waals surface area contributed by atoms with Crippen LogP contribution in [0.2, 0.25) is 0 Å². The molecule has 2 N–H and O–H groups in total. The van der Waals surface area contributed by atoms with Crippen LogP contribution >= 0.6 is 0 Å². The van der Waals surface area contributed by atoms with Crippen molar-refractivity contribution >= 4 is 5.78 Å². The minimum Gasteiger partial charge on any atom is -0.330 e. The van der Waals surface area contributed by atoms with Crippen molar-refractivity contribution in [2.24, 2.45) is 23.5 Å². The highest BCUT2D eigenvalue weighted by Gasteiger charge is 2.21. The minimum atomic E-state index is 0.479. The summed E-state index contributed by atoms with van der Waals surface area (Å²) in [7, 11) is 0. The molecule has 0 bridgehead atoms. The normalized spacial score (nSPS) is 18.5. The van der Waals surface area contributed by atoms with E-state index in [9.17, 15) is 4.79 Å². The second-order valence-electron chi connectivity index (χ2n) is 5.66. The number of nitrogens with two attached hydrogens (primary N) is 1. The van der Waals surface area contributed by atoms with E-state index in [1.54, 1.807) is 0 Å². The molecule has 0 spiro atoms. The van der Waals surface area contributed by atoms with Crippen LogP contribution in [0.1, 0.15) is 58.8 Å². The van der Waals surface area contributed by atoms with Gasteiger partial charge in [-0.25, -0.2) is 0 Å². The molecule has 0 saturated heterocycles. The number of hydrogen-bond acceptors (Lipinski definition) is 2. The largest absolute Gasteiger partial charge is 0.330 e. The molecule has 1 fully saturated rings. The molecule has 1 rings (SSSR count). The van der Waals surface area contributed by atoms with Crippen LogP contribution in [0.15, 0.2) is 0 Å². The van der Waals surface area contributed by atoms with E-state index in [-0.39, 0.29) is 0 Å². The Bertz CT molecular complexity index is 209. The lowest BCUT2D eigenvalue weighted by Crippen LogP contribution is -2.18. The lowest BCUT2D eigenvalue weighted by Gasteiger charge is -2.25. The third kappa shape index (κ3) is 4.65. The van der Waals surface area contributed by atoms with Crippen molar-refractivity contribution in [3.05, 3.63) is 0 Å². The van der Waals surface area contributed by atoms with Crippen LogP contribution in [0.4, 0.5) is 0 Å². The molecule has 0 aromatic rings. The standard InChI is InChI=1S/C14H27NO/c1-11(2)13(8-9-15)6-7-14(16)10-12-4-3-5-12/h11-13H,3-10,15H2,1-2H3. The Kier molecular flexibility index (Phi) is 6.04. The number of hydrogen-bond donors (Lipinski definition) is 1. The van der Waals surface area contributed by atoms with Gasteiger partial charge < -0.3 is 5.73 Å². The predicted molar refractivity (Wildman–Crippen MR) is 68.2 cm³/mol. The Balaban J connectivity index is 2.16. The van der Waals surface area contributed by atoms with Gasteiger partial charge >= 0.3 is 0 Å². The Hall–Kier alpha value is -0.370. The number of carbonyl (C=O) groups excluding carboxylic acids is 1. The molecule has 1 saturated carbocycles. The van der Waals surface area contributed by atoms with Gasteiger partial charge in [-0.1, -0.05) is 33.1 Å². The van der Waals surface area contributed by atoms with Crippen molar-refractivity contribution in [1.29, 1.82) is 0 Å². The Labute approximate surface area is 100.0 Å². The van der Waals surface area contributed by atoms with E-state index >= 15 is 0 Å². The van der Waals surface area contributed by atoms with Gasteiger partial charge in [0, 0.05) is 12.8 Å². The van der Waals surface area contributed by atoms with E-state index < -0.39 is 0 Å². The molecule has 0 radical (unpaired) electrons. The molecule has 0 amide bonds. The first-order chi connectivity index (χ1) is 7.63. The molecule has 16 heavy (non-hydrogen) atoms. The maximum Gasteiger partial charge on any atom is 0.133 e. The van der Waals surface area contributed by atoms with E-state index in [4.69, 9.17) is 5.73 Å². The number of rotatable bonds is 8. The molecule has 0 aromatic carbocycles. The van der Waals surface area contributed by atoms with Crippen LogP contribution in [0, 0.1) is 17.8 Å². The molecule has 1 aliphatic rings.